The van der Waals surface area contributed by atoms with Crippen LogP contribution in [0.2, 0.25) is 0 Å². The third kappa shape index (κ3) is 2.22. The Balaban J connectivity index is 1.90. The maximum Gasteiger partial charge on any atom is 0.417 e. The van der Waals surface area contributed by atoms with Gasteiger partial charge in [0.15, 0.2) is 0 Å². The van der Waals surface area contributed by atoms with Crippen molar-refractivity contribution in [3.63, 3.8) is 0 Å². The van der Waals surface area contributed by atoms with E-state index in [4.69, 9.17) is 5.26 Å². The van der Waals surface area contributed by atoms with Crippen molar-refractivity contribution < 1.29 is 28.2 Å². The van der Waals surface area contributed by atoms with Gasteiger partial charge >= 0.3 is 18.0 Å². The number of hydrogen-bond donors (Lipinski definition) is 2. The number of halogens is 3. The second-order valence-corrected chi connectivity index (χ2v) is 6.38. The number of alkyl halides is 3. The lowest BCUT2D eigenvalue weighted by Crippen LogP contribution is -2.37. The van der Waals surface area contributed by atoms with Gasteiger partial charge in [0, 0.05) is 6.54 Å². The highest BCUT2D eigenvalue weighted by Crippen LogP contribution is 2.48. The molecular formula is C16H11F3N4O4. The lowest BCUT2D eigenvalue weighted by molar-refractivity contribution is -0.137. The van der Waals surface area contributed by atoms with Crippen molar-refractivity contribution in [2.45, 2.75) is 24.7 Å². The lowest BCUT2D eigenvalue weighted by atomic mass is 10.1. The van der Waals surface area contributed by atoms with Gasteiger partial charge in [0.1, 0.15) is 5.69 Å². The van der Waals surface area contributed by atoms with Crippen LogP contribution in [0.4, 0.5) is 18.0 Å². The number of benzene rings is 1. The molecule has 2 N–H and O–H groups in total. The van der Waals surface area contributed by atoms with Gasteiger partial charge in [0.2, 0.25) is 5.88 Å². The van der Waals surface area contributed by atoms with Gasteiger partial charge in [0.25, 0.3) is 0 Å². The predicted octanol–water partition coefficient (Wildman–Crippen LogP) is 2.21. The average molecular weight is 380 g/mol. The van der Waals surface area contributed by atoms with E-state index in [2.05, 4.69) is 0 Å². The topological polar surface area (TPSA) is 111 Å². The van der Waals surface area contributed by atoms with Gasteiger partial charge in [-0.25, -0.2) is 14.2 Å². The smallest absolute Gasteiger partial charge is 0.417 e. The molecule has 27 heavy (non-hydrogen) atoms. The molecule has 1 aromatic heterocycles. The summed E-state index contributed by atoms with van der Waals surface area (Å²) < 4.78 is 41.5. The van der Waals surface area contributed by atoms with Gasteiger partial charge in [-0.05, 0) is 24.6 Å². The van der Waals surface area contributed by atoms with E-state index in [1.54, 1.807) is 0 Å². The fourth-order valence-corrected chi connectivity index (χ4v) is 3.89. The van der Waals surface area contributed by atoms with Gasteiger partial charge in [-0.1, -0.05) is 0 Å². The van der Waals surface area contributed by atoms with Crippen molar-refractivity contribution in [2.75, 3.05) is 6.54 Å². The molecule has 2 bridgehead atoms. The van der Waals surface area contributed by atoms with E-state index in [-0.39, 0.29) is 17.9 Å². The van der Waals surface area contributed by atoms with Crippen molar-refractivity contribution in [1.82, 2.24) is 14.0 Å². The maximum absolute atomic E-state index is 13.2. The number of nitriles is 1. The fraction of sp³-hybridized carbons (Fsp3) is 0.312. The van der Waals surface area contributed by atoms with E-state index < -0.39 is 47.0 Å². The van der Waals surface area contributed by atoms with Crippen molar-refractivity contribution in [2.24, 2.45) is 0 Å². The number of fused-ring (bicyclic) bond motifs is 5. The molecule has 0 aliphatic carbocycles. The van der Waals surface area contributed by atoms with E-state index in [1.165, 1.54) is 10.6 Å². The first kappa shape index (κ1) is 17.0. The van der Waals surface area contributed by atoms with Crippen LogP contribution >= 0.6 is 0 Å². The van der Waals surface area contributed by atoms with Crippen LogP contribution in [0, 0.1) is 11.3 Å². The highest BCUT2D eigenvalue weighted by Gasteiger charge is 2.49. The number of aromatic nitrogens is 2. The number of imidazole rings is 1. The first-order chi connectivity index (χ1) is 12.6. The summed E-state index contributed by atoms with van der Waals surface area (Å²) in [7, 11) is 0. The average Bonchev–Trinajstić information content (AvgIpc) is 3.25. The molecule has 0 spiro atoms. The summed E-state index contributed by atoms with van der Waals surface area (Å²) in [6.45, 7) is 0.0670. The summed E-state index contributed by atoms with van der Waals surface area (Å²) in [6.07, 6.45) is -5.69. The summed E-state index contributed by atoms with van der Waals surface area (Å²) in [6, 6.07) is 2.89. The van der Waals surface area contributed by atoms with Crippen LogP contribution in [0.5, 0.6) is 5.88 Å². The molecule has 1 fully saturated rings. The van der Waals surface area contributed by atoms with E-state index in [9.17, 15) is 33.0 Å². The Bertz CT molecular complexity index is 1080. The number of amides is 1. The molecule has 1 amide bonds. The number of hydrogen-bond acceptors (Lipinski definition) is 4. The van der Waals surface area contributed by atoms with Crippen LogP contribution in [-0.2, 0) is 6.18 Å². The summed E-state index contributed by atoms with van der Waals surface area (Å²) in [5.41, 5.74) is -2.78. The van der Waals surface area contributed by atoms with Crippen LogP contribution in [0.25, 0.3) is 5.69 Å². The Morgan fingerprint density at radius 3 is 2.63 bits per heavy atom. The normalized spacial score (nSPS) is 20.6. The monoisotopic (exact) mass is 380 g/mol. The molecule has 0 radical (unpaired) electrons. The standard InChI is InChI=1S/C16H11F3N4O4/c17-16(18,19)10-3-8(2-1-7(10)5-20)23-13(24)12-11-4-9(22(12)14(23)25)6-21(11)15(26)27/h1-3,9,11,24H,4,6H2,(H,26,27)/t9-,11-/m0/s1. The van der Waals surface area contributed by atoms with Gasteiger partial charge in [0.05, 0.1) is 35.0 Å². The van der Waals surface area contributed by atoms with Crippen LogP contribution in [0.15, 0.2) is 23.0 Å². The molecule has 1 saturated heterocycles. The molecule has 140 valence electrons. The van der Waals surface area contributed by atoms with E-state index in [0.717, 1.165) is 17.0 Å². The Morgan fingerprint density at radius 1 is 1.33 bits per heavy atom. The second kappa shape index (κ2) is 5.29. The molecule has 0 unspecified atom stereocenters. The number of likely N-dealkylation sites (tertiary alicyclic amines) is 1. The molecule has 11 heteroatoms. The Kier molecular flexibility index (Phi) is 3.33. The summed E-state index contributed by atoms with van der Waals surface area (Å²) >= 11 is 0. The van der Waals surface area contributed by atoms with Crippen LogP contribution in [-0.4, -0.2) is 36.9 Å². The highest BCUT2D eigenvalue weighted by molar-refractivity contribution is 5.67. The van der Waals surface area contributed by atoms with Crippen molar-refractivity contribution in [1.29, 1.82) is 5.26 Å². The Hall–Kier alpha value is -3.42. The zero-order chi connectivity index (χ0) is 19.7. The maximum atomic E-state index is 13.2. The van der Waals surface area contributed by atoms with Gasteiger partial charge in [-0.2, -0.15) is 18.4 Å². The zero-order valence-electron chi connectivity index (χ0n) is 13.4. The zero-order valence-corrected chi connectivity index (χ0v) is 13.4. The minimum Gasteiger partial charge on any atom is -0.493 e. The summed E-state index contributed by atoms with van der Waals surface area (Å²) in [5.74, 6) is -0.601. The quantitative estimate of drug-likeness (QED) is 0.788. The largest absolute Gasteiger partial charge is 0.493 e. The Morgan fingerprint density at radius 2 is 2.04 bits per heavy atom. The molecule has 2 atom stereocenters. The molecule has 0 saturated carbocycles. The fourth-order valence-electron chi connectivity index (χ4n) is 3.89. The van der Waals surface area contributed by atoms with E-state index >= 15 is 0 Å². The molecule has 2 aliphatic heterocycles. The van der Waals surface area contributed by atoms with Gasteiger partial charge in [-0.3, -0.25) is 9.47 Å². The minimum absolute atomic E-state index is 0.0663. The number of rotatable bonds is 1. The minimum atomic E-state index is -4.82. The molecular weight excluding hydrogens is 369 g/mol. The summed E-state index contributed by atoms with van der Waals surface area (Å²) in [5, 5.41) is 28.6. The predicted molar refractivity (Wildman–Crippen MR) is 82.5 cm³/mol. The molecule has 2 aliphatic rings. The second-order valence-electron chi connectivity index (χ2n) is 6.38. The number of carbonyl (C=O) groups is 1. The van der Waals surface area contributed by atoms with Crippen molar-refractivity contribution in [3.8, 4) is 17.6 Å². The number of aromatic hydroxyl groups is 1. The molecule has 2 aromatic rings. The van der Waals surface area contributed by atoms with Crippen LogP contribution < -0.4 is 5.69 Å². The SMILES string of the molecule is N#Cc1ccc(-n2c(O)c3n(c2=O)[C@H]2C[C@@H]3N(C(=O)O)C2)cc1C(F)(F)F. The van der Waals surface area contributed by atoms with Gasteiger partial charge in [-0.15, -0.1) is 0 Å². The summed E-state index contributed by atoms with van der Waals surface area (Å²) in [4.78, 5) is 25.1. The first-order valence-corrected chi connectivity index (χ1v) is 7.82. The number of nitrogens with zero attached hydrogens (tertiary/aromatic N) is 4. The van der Waals surface area contributed by atoms with E-state index in [1.807, 2.05) is 0 Å². The molecule has 1 aromatic carbocycles. The van der Waals surface area contributed by atoms with Crippen LogP contribution in [0.1, 0.15) is 35.3 Å². The number of carboxylic acid groups (broad SMARTS) is 1. The van der Waals surface area contributed by atoms with Crippen molar-refractivity contribution >= 4 is 6.09 Å². The van der Waals surface area contributed by atoms with Gasteiger partial charge < -0.3 is 10.2 Å². The van der Waals surface area contributed by atoms with Crippen LogP contribution in [0.3, 0.4) is 0 Å². The Labute approximate surface area is 148 Å². The third-order valence-electron chi connectivity index (χ3n) is 4.99. The highest BCUT2D eigenvalue weighted by atomic mass is 19.4. The molecule has 8 nitrogen and oxygen atoms in total. The van der Waals surface area contributed by atoms with Crippen molar-refractivity contribution in [3.05, 3.63) is 45.5 Å². The lowest BCUT2D eigenvalue weighted by Gasteiger charge is -2.24. The van der Waals surface area contributed by atoms with E-state index in [0.29, 0.717) is 17.1 Å². The molecule has 3 heterocycles. The third-order valence-corrected chi connectivity index (χ3v) is 4.99. The first-order valence-electron chi connectivity index (χ1n) is 7.82. The molecule has 4 rings (SSSR count).